The van der Waals surface area contributed by atoms with Crippen LogP contribution in [0.3, 0.4) is 0 Å². The Morgan fingerprint density at radius 3 is 2.24 bits per heavy atom. The van der Waals surface area contributed by atoms with Crippen molar-refractivity contribution in [3.8, 4) is 5.75 Å². The van der Waals surface area contributed by atoms with E-state index in [0.29, 0.717) is 34.3 Å². The molecule has 0 unspecified atom stereocenters. The molecule has 0 spiro atoms. The van der Waals surface area contributed by atoms with Crippen LogP contribution in [0.15, 0.2) is 71.6 Å². The molecule has 2 amide bonds. The van der Waals surface area contributed by atoms with Crippen LogP contribution >= 0.6 is 34.8 Å². The number of benzene rings is 3. The molecule has 12 heteroatoms. The van der Waals surface area contributed by atoms with Gasteiger partial charge in [-0.3, -0.25) is 13.9 Å². The third-order valence-corrected chi connectivity index (χ3v) is 8.99. The third kappa shape index (κ3) is 8.07. The van der Waals surface area contributed by atoms with Gasteiger partial charge in [-0.2, -0.15) is 0 Å². The fraction of sp³-hybridized carbons (Fsp3) is 0.310. The zero-order chi connectivity index (χ0) is 30.2. The average Bonchev–Trinajstić information content (AvgIpc) is 2.95. The highest BCUT2D eigenvalue weighted by atomic mass is 35.5. The Balaban J connectivity index is 2.09. The minimum atomic E-state index is -4.23. The number of methoxy groups -OCH3 is 1. The third-order valence-electron chi connectivity index (χ3n) is 6.32. The number of nitrogens with zero attached hydrogens (tertiary/aromatic N) is 2. The summed E-state index contributed by atoms with van der Waals surface area (Å²) in [5, 5.41) is 3.74. The van der Waals surface area contributed by atoms with Crippen LogP contribution in [-0.2, 0) is 26.2 Å². The number of carbonyl (C=O) groups is 2. The zero-order valence-electron chi connectivity index (χ0n) is 22.9. The highest BCUT2D eigenvalue weighted by molar-refractivity contribution is 7.92. The summed E-state index contributed by atoms with van der Waals surface area (Å²) in [6, 6.07) is 16.2. The van der Waals surface area contributed by atoms with E-state index in [4.69, 9.17) is 39.5 Å². The molecule has 220 valence electrons. The van der Waals surface area contributed by atoms with Gasteiger partial charge in [0, 0.05) is 23.1 Å². The van der Waals surface area contributed by atoms with Crippen molar-refractivity contribution in [2.75, 3.05) is 24.5 Å². The van der Waals surface area contributed by atoms with Gasteiger partial charge in [-0.05, 0) is 60.9 Å². The van der Waals surface area contributed by atoms with Crippen LogP contribution < -0.4 is 14.4 Å². The molecule has 0 fully saturated rings. The Hall–Kier alpha value is -2.98. The Morgan fingerprint density at radius 2 is 1.66 bits per heavy atom. The van der Waals surface area contributed by atoms with Crippen molar-refractivity contribution in [3.63, 3.8) is 0 Å². The number of sulfonamides is 1. The molecule has 0 bridgehead atoms. The molecule has 0 saturated carbocycles. The lowest BCUT2D eigenvalue weighted by Gasteiger charge is -2.33. The Kier molecular flexibility index (Phi) is 11.7. The van der Waals surface area contributed by atoms with Crippen LogP contribution in [-0.4, -0.2) is 51.4 Å². The van der Waals surface area contributed by atoms with Gasteiger partial charge in [0.25, 0.3) is 10.0 Å². The summed E-state index contributed by atoms with van der Waals surface area (Å²) in [6.45, 7) is 3.47. The van der Waals surface area contributed by atoms with Gasteiger partial charge in [0.1, 0.15) is 18.3 Å². The molecule has 8 nitrogen and oxygen atoms in total. The van der Waals surface area contributed by atoms with Gasteiger partial charge in [0.2, 0.25) is 11.8 Å². The zero-order valence-corrected chi connectivity index (χ0v) is 26.0. The van der Waals surface area contributed by atoms with Gasteiger partial charge >= 0.3 is 0 Å². The molecular weight excluding hydrogens is 609 g/mol. The Bertz CT molecular complexity index is 1470. The number of hydrogen-bond donors (Lipinski definition) is 1. The number of halogens is 3. The van der Waals surface area contributed by atoms with Crippen LogP contribution in [0.25, 0.3) is 0 Å². The van der Waals surface area contributed by atoms with Gasteiger partial charge in [-0.1, -0.05) is 72.9 Å². The van der Waals surface area contributed by atoms with Crippen LogP contribution in [0.5, 0.6) is 5.75 Å². The second kappa shape index (κ2) is 14.8. The maximum Gasteiger partial charge on any atom is 0.264 e. The number of amides is 2. The van der Waals surface area contributed by atoms with Crippen LogP contribution in [0, 0.1) is 0 Å². The molecule has 1 N–H and O–H groups in total. The summed E-state index contributed by atoms with van der Waals surface area (Å²) in [6.07, 6.45) is 0.993. The topological polar surface area (TPSA) is 96.0 Å². The maximum absolute atomic E-state index is 14.1. The van der Waals surface area contributed by atoms with Gasteiger partial charge in [0.15, 0.2) is 0 Å². The Labute approximate surface area is 256 Å². The maximum atomic E-state index is 14.1. The lowest BCUT2D eigenvalue weighted by atomic mass is 10.1. The van der Waals surface area contributed by atoms with E-state index in [1.165, 1.54) is 42.3 Å². The molecule has 0 heterocycles. The lowest BCUT2D eigenvalue weighted by molar-refractivity contribution is -0.140. The van der Waals surface area contributed by atoms with Crippen molar-refractivity contribution < 1.29 is 22.7 Å². The van der Waals surface area contributed by atoms with Crippen LogP contribution in [0.4, 0.5) is 5.69 Å². The smallest absolute Gasteiger partial charge is 0.264 e. The fourth-order valence-corrected chi connectivity index (χ4v) is 6.33. The van der Waals surface area contributed by atoms with Gasteiger partial charge in [-0.25, -0.2) is 8.42 Å². The van der Waals surface area contributed by atoms with E-state index in [-0.39, 0.29) is 34.5 Å². The number of anilines is 1. The molecule has 3 aromatic carbocycles. The molecule has 0 aliphatic heterocycles. The largest absolute Gasteiger partial charge is 0.495 e. The summed E-state index contributed by atoms with van der Waals surface area (Å²) in [5.41, 5.74) is 0.706. The average molecular weight is 641 g/mol. The van der Waals surface area contributed by atoms with Crippen LogP contribution in [0.1, 0.15) is 32.3 Å². The van der Waals surface area contributed by atoms with E-state index in [1.807, 2.05) is 6.92 Å². The van der Waals surface area contributed by atoms with Crippen molar-refractivity contribution in [3.05, 3.63) is 87.4 Å². The first-order chi connectivity index (χ1) is 19.5. The standard InChI is InChI=1S/C29H32Cl3N3O5S/c1-4-15-33-29(37)26(5-2)34(18-20-11-12-21(30)16-24(20)31)28(36)19-35(22-13-14-27(40-3)25(32)17-22)41(38,39)23-9-7-6-8-10-23/h6-14,16-17,26H,4-5,15,18-19H2,1-3H3,(H,33,37)/t26-/m1/s1. The molecule has 3 aromatic rings. The van der Waals surface area contributed by atoms with E-state index in [1.54, 1.807) is 43.3 Å². The molecule has 0 saturated heterocycles. The molecule has 0 aromatic heterocycles. The first-order valence-electron chi connectivity index (χ1n) is 13.0. The van der Waals surface area contributed by atoms with Gasteiger partial charge in [-0.15, -0.1) is 0 Å². The second-order valence-corrected chi connectivity index (χ2v) is 12.2. The number of carbonyl (C=O) groups excluding carboxylic acids is 2. The van der Waals surface area contributed by atoms with E-state index in [9.17, 15) is 18.0 Å². The van der Waals surface area contributed by atoms with Crippen molar-refractivity contribution in [2.45, 2.75) is 44.2 Å². The minimum absolute atomic E-state index is 0.0141. The molecule has 3 rings (SSSR count). The highest BCUT2D eigenvalue weighted by Crippen LogP contribution is 2.32. The van der Waals surface area contributed by atoms with Gasteiger partial charge < -0.3 is 15.0 Å². The minimum Gasteiger partial charge on any atom is -0.495 e. The van der Waals surface area contributed by atoms with E-state index < -0.39 is 28.5 Å². The summed E-state index contributed by atoms with van der Waals surface area (Å²) < 4.78 is 34.0. The molecule has 0 radical (unpaired) electrons. The quantitative estimate of drug-likeness (QED) is 0.241. The van der Waals surface area contributed by atoms with Crippen molar-refractivity contribution in [1.29, 1.82) is 0 Å². The molecule has 41 heavy (non-hydrogen) atoms. The number of hydrogen-bond acceptors (Lipinski definition) is 5. The molecule has 0 aliphatic rings. The first-order valence-corrected chi connectivity index (χ1v) is 15.5. The predicted molar refractivity (Wildman–Crippen MR) is 163 cm³/mol. The molecule has 0 aliphatic carbocycles. The summed E-state index contributed by atoms with van der Waals surface area (Å²) in [4.78, 5) is 28.6. The van der Waals surface area contributed by atoms with E-state index in [0.717, 1.165) is 4.31 Å². The molecule has 1 atom stereocenters. The van der Waals surface area contributed by atoms with Crippen molar-refractivity contribution >= 4 is 62.3 Å². The normalized spacial score (nSPS) is 12.0. The van der Waals surface area contributed by atoms with E-state index in [2.05, 4.69) is 5.32 Å². The number of ether oxygens (including phenoxy) is 1. The number of nitrogens with one attached hydrogen (secondary N) is 1. The monoisotopic (exact) mass is 639 g/mol. The molecular formula is C29H32Cl3N3O5S. The summed E-state index contributed by atoms with van der Waals surface area (Å²) >= 11 is 18.9. The second-order valence-electron chi connectivity index (χ2n) is 9.12. The SMILES string of the molecule is CCCNC(=O)[C@@H](CC)N(Cc1ccc(Cl)cc1Cl)C(=O)CN(c1ccc(OC)c(Cl)c1)S(=O)(=O)c1ccccc1. The summed E-state index contributed by atoms with van der Waals surface area (Å²) in [5.74, 6) is -0.616. The predicted octanol–water partition coefficient (Wildman–Crippen LogP) is 6.18. The lowest BCUT2D eigenvalue weighted by Crippen LogP contribution is -2.52. The van der Waals surface area contributed by atoms with Crippen LogP contribution in [0.2, 0.25) is 15.1 Å². The van der Waals surface area contributed by atoms with Crippen molar-refractivity contribution in [1.82, 2.24) is 10.2 Å². The van der Waals surface area contributed by atoms with Gasteiger partial charge in [0.05, 0.1) is 22.7 Å². The fourth-order valence-electron chi connectivity index (χ4n) is 4.18. The van der Waals surface area contributed by atoms with E-state index >= 15 is 0 Å². The number of rotatable bonds is 13. The highest BCUT2D eigenvalue weighted by Gasteiger charge is 2.34. The first kappa shape index (κ1) is 32.5. The Morgan fingerprint density at radius 1 is 0.951 bits per heavy atom. The van der Waals surface area contributed by atoms with Crippen molar-refractivity contribution in [2.24, 2.45) is 0 Å². The summed E-state index contributed by atoms with van der Waals surface area (Å²) in [7, 11) is -2.79.